The van der Waals surface area contributed by atoms with Crippen molar-refractivity contribution in [3.63, 3.8) is 0 Å². The number of hydrogen-bond acceptors (Lipinski definition) is 0. The Hall–Kier alpha value is 0. The monoisotopic (exact) mass is 170 g/mol. The van der Waals surface area contributed by atoms with Crippen LogP contribution in [0.4, 0.5) is 0 Å². The molecule has 12 heavy (non-hydrogen) atoms. The van der Waals surface area contributed by atoms with Crippen LogP contribution < -0.4 is 0 Å². The van der Waals surface area contributed by atoms with Crippen LogP contribution in [-0.2, 0) is 0 Å². The van der Waals surface area contributed by atoms with Crippen molar-refractivity contribution in [3.05, 3.63) is 0 Å². The standard InChI is InChI=1S/C12H26/c1-6-9-11(5)12(8-3)10(4)7-2/h10-12H,6-9H2,1-5H3. The second kappa shape index (κ2) is 6.51. The van der Waals surface area contributed by atoms with Crippen molar-refractivity contribution in [3.8, 4) is 0 Å². The summed E-state index contributed by atoms with van der Waals surface area (Å²) >= 11 is 0. The van der Waals surface area contributed by atoms with Crippen LogP contribution in [0.2, 0.25) is 0 Å². The fraction of sp³-hybridized carbons (Fsp3) is 1.00. The number of hydrogen-bond donors (Lipinski definition) is 0. The van der Waals surface area contributed by atoms with Gasteiger partial charge in [0.1, 0.15) is 0 Å². The zero-order valence-corrected chi connectivity index (χ0v) is 9.56. The Morgan fingerprint density at radius 3 is 1.75 bits per heavy atom. The molecule has 0 rings (SSSR count). The van der Waals surface area contributed by atoms with E-state index in [-0.39, 0.29) is 0 Å². The Kier molecular flexibility index (Phi) is 6.51. The molecule has 0 fully saturated rings. The topological polar surface area (TPSA) is 0 Å². The second-order valence-electron chi connectivity index (χ2n) is 4.22. The summed E-state index contributed by atoms with van der Waals surface area (Å²) in [5.41, 5.74) is 0. The van der Waals surface area contributed by atoms with Crippen molar-refractivity contribution in [1.29, 1.82) is 0 Å². The summed E-state index contributed by atoms with van der Waals surface area (Å²) in [6.07, 6.45) is 5.44. The molecule has 0 aromatic heterocycles. The van der Waals surface area contributed by atoms with E-state index in [0.717, 1.165) is 17.8 Å². The van der Waals surface area contributed by atoms with E-state index in [1.165, 1.54) is 25.7 Å². The van der Waals surface area contributed by atoms with E-state index >= 15 is 0 Å². The van der Waals surface area contributed by atoms with Gasteiger partial charge in [0, 0.05) is 0 Å². The van der Waals surface area contributed by atoms with Crippen LogP contribution in [-0.4, -0.2) is 0 Å². The second-order valence-corrected chi connectivity index (χ2v) is 4.22. The third-order valence-electron chi connectivity index (χ3n) is 3.32. The van der Waals surface area contributed by atoms with E-state index in [1.807, 2.05) is 0 Å². The van der Waals surface area contributed by atoms with Gasteiger partial charge >= 0.3 is 0 Å². The van der Waals surface area contributed by atoms with Gasteiger partial charge in [-0.2, -0.15) is 0 Å². The van der Waals surface area contributed by atoms with Crippen molar-refractivity contribution >= 4 is 0 Å². The SMILES string of the molecule is CCCC(C)C(CC)C(C)CC. The van der Waals surface area contributed by atoms with Crippen molar-refractivity contribution in [2.75, 3.05) is 0 Å². The molecule has 0 aromatic rings. The van der Waals surface area contributed by atoms with E-state index < -0.39 is 0 Å². The molecule has 0 aliphatic carbocycles. The molecule has 3 unspecified atom stereocenters. The molecule has 0 heteroatoms. The summed E-state index contributed by atoms with van der Waals surface area (Å²) in [4.78, 5) is 0. The molecular formula is C12H26. The summed E-state index contributed by atoms with van der Waals surface area (Å²) in [6.45, 7) is 11.8. The summed E-state index contributed by atoms with van der Waals surface area (Å²) in [6, 6.07) is 0. The summed E-state index contributed by atoms with van der Waals surface area (Å²) in [7, 11) is 0. The molecule has 0 bridgehead atoms. The molecule has 0 nitrogen and oxygen atoms in total. The highest BCUT2D eigenvalue weighted by atomic mass is 14.2. The highest BCUT2D eigenvalue weighted by Crippen LogP contribution is 2.29. The fourth-order valence-corrected chi connectivity index (χ4v) is 2.34. The number of rotatable bonds is 6. The first kappa shape index (κ1) is 12.0. The van der Waals surface area contributed by atoms with Crippen LogP contribution in [0.5, 0.6) is 0 Å². The Morgan fingerprint density at radius 2 is 1.42 bits per heavy atom. The normalized spacial score (nSPS) is 18.8. The first-order valence-electron chi connectivity index (χ1n) is 5.67. The average molecular weight is 170 g/mol. The first-order valence-corrected chi connectivity index (χ1v) is 5.67. The van der Waals surface area contributed by atoms with Gasteiger partial charge in [-0.3, -0.25) is 0 Å². The fourth-order valence-electron chi connectivity index (χ4n) is 2.34. The van der Waals surface area contributed by atoms with Gasteiger partial charge in [-0.1, -0.05) is 60.3 Å². The van der Waals surface area contributed by atoms with Crippen LogP contribution in [0.15, 0.2) is 0 Å². The Morgan fingerprint density at radius 1 is 0.833 bits per heavy atom. The maximum absolute atomic E-state index is 2.42. The zero-order valence-electron chi connectivity index (χ0n) is 9.56. The van der Waals surface area contributed by atoms with Crippen molar-refractivity contribution in [2.24, 2.45) is 17.8 Å². The third-order valence-corrected chi connectivity index (χ3v) is 3.32. The Bertz CT molecular complexity index is 96.2. The molecule has 74 valence electrons. The lowest BCUT2D eigenvalue weighted by molar-refractivity contribution is 0.229. The van der Waals surface area contributed by atoms with Crippen LogP contribution >= 0.6 is 0 Å². The molecule has 3 atom stereocenters. The predicted octanol–water partition coefficient (Wildman–Crippen LogP) is 4.49. The molecule has 0 saturated carbocycles. The van der Waals surface area contributed by atoms with Gasteiger partial charge in [-0.25, -0.2) is 0 Å². The van der Waals surface area contributed by atoms with Crippen molar-refractivity contribution in [1.82, 2.24) is 0 Å². The highest BCUT2D eigenvalue weighted by molar-refractivity contribution is 4.69. The summed E-state index contributed by atoms with van der Waals surface area (Å²) in [5, 5.41) is 0. The van der Waals surface area contributed by atoms with Gasteiger partial charge in [0.05, 0.1) is 0 Å². The van der Waals surface area contributed by atoms with Gasteiger partial charge in [0.25, 0.3) is 0 Å². The highest BCUT2D eigenvalue weighted by Gasteiger charge is 2.19. The molecule has 0 radical (unpaired) electrons. The smallest absolute Gasteiger partial charge is 0.0365 e. The summed E-state index contributed by atoms with van der Waals surface area (Å²) in [5.74, 6) is 2.79. The van der Waals surface area contributed by atoms with Gasteiger partial charge < -0.3 is 0 Å². The van der Waals surface area contributed by atoms with Crippen molar-refractivity contribution in [2.45, 2.75) is 60.3 Å². The maximum Gasteiger partial charge on any atom is -0.0365 e. The van der Waals surface area contributed by atoms with Gasteiger partial charge in [0.2, 0.25) is 0 Å². The van der Waals surface area contributed by atoms with E-state index in [2.05, 4.69) is 34.6 Å². The van der Waals surface area contributed by atoms with Gasteiger partial charge in [-0.05, 0) is 17.8 Å². The molecule has 0 aliphatic rings. The van der Waals surface area contributed by atoms with Crippen LogP contribution in [0.25, 0.3) is 0 Å². The predicted molar refractivity (Wildman–Crippen MR) is 57.3 cm³/mol. The lowest BCUT2D eigenvalue weighted by atomic mass is 9.78. The molecule has 0 heterocycles. The molecular weight excluding hydrogens is 144 g/mol. The van der Waals surface area contributed by atoms with E-state index in [4.69, 9.17) is 0 Å². The lowest BCUT2D eigenvalue weighted by Gasteiger charge is -2.27. The molecule has 0 aliphatic heterocycles. The van der Waals surface area contributed by atoms with E-state index in [1.54, 1.807) is 0 Å². The lowest BCUT2D eigenvalue weighted by Crippen LogP contribution is -2.18. The Labute approximate surface area is 78.8 Å². The third kappa shape index (κ3) is 3.60. The molecule has 0 amide bonds. The maximum atomic E-state index is 2.42. The van der Waals surface area contributed by atoms with Crippen molar-refractivity contribution < 1.29 is 0 Å². The zero-order chi connectivity index (χ0) is 9.56. The van der Waals surface area contributed by atoms with E-state index in [9.17, 15) is 0 Å². The molecule has 0 N–H and O–H groups in total. The minimum absolute atomic E-state index is 0.913. The Balaban J connectivity index is 3.94. The minimum Gasteiger partial charge on any atom is -0.0654 e. The molecule has 0 saturated heterocycles. The largest absolute Gasteiger partial charge is 0.0654 e. The van der Waals surface area contributed by atoms with E-state index in [0.29, 0.717) is 0 Å². The minimum atomic E-state index is 0.913. The quantitative estimate of drug-likeness (QED) is 0.551. The summed E-state index contributed by atoms with van der Waals surface area (Å²) < 4.78 is 0. The molecule has 0 aromatic carbocycles. The van der Waals surface area contributed by atoms with Gasteiger partial charge in [0.15, 0.2) is 0 Å². The first-order chi connectivity index (χ1) is 5.67. The average Bonchev–Trinajstić information content (AvgIpc) is 2.06. The van der Waals surface area contributed by atoms with Gasteiger partial charge in [-0.15, -0.1) is 0 Å². The van der Waals surface area contributed by atoms with Crippen LogP contribution in [0.1, 0.15) is 60.3 Å². The van der Waals surface area contributed by atoms with Crippen LogP contribution in [0.3, 0.4) is 0 Å². The molecule has 0 spiro atoms. The van der Waals surface area contributed by atoms with Crippen LogP contribution in [0, 0.1) is 17.8 Å².